The lowest BCUT2D eigenvalue weighted by atomic mass is 10.2. The Balaban J connectivity index is 2.47. The number of aliphatic hydroxyl groups is 1. The highest BCUT2D eigenvalue weighted by Crippen LogP contribution is 2.17. The summed E-state index contributed by atoms with van der Waals surface area (Å²) >= 11 is 0. The average molecular weight is 332 g/mol. The van der Waals surface area contributed by atoms with E-state index in [1.807, 2.05) is 6.07 Å². The van der Waals surface area contributed by atoms with Gasteiger partial charge >= 0.3 is 6.18 Å². The minimum Gasteiger partial charge on any atom is -0.491 e. The van der Waals surface area contributed by atoms with Crippen LogP contribution in [-0.2, 0) is 4.74 Å². The molecule has 0 saturated carbocycles. The van der Waals surface area contributed by atoms with Gasteiger partial charge < -0.3 is 14.6 Å². The molecule has 0 fully saturated rings. The summed E-state index contributed by atoms with van der Waals surface area (Å²) in [7, 11) is 1.40. The molecule has 0 aliphatic rings. The van der Waals surface area contributed by atoms with Crippen LogP contribution in [-0.4, -0.2) is 62.2 Å². The van der Waals surface area contributed by atoms with Crippen LogP contribution in [0.15, 0.2) is 24.3 Å². The van der Waals surface area contributed by atoms with Gasteiger partial charge in [0.15, 0.2) is 0 Å². The quantitative estimate of drug-likeness (QED) is 0.747. The highest BCUT2D eigenvalue weighted by Gasteiger charge is 2.31. The van der Waals surface area contributed by atoms with Crippen molar-refractivity contribution in [3.63, 3.8) is 0 Å². The predicted octanol–water partition coefficient (Wildman–Crippen LogP) is 1.81. The lowest BCUT2D eigenvalue weighted by molar-refractivity contribution is -0.150. The smallest absolute Gasteiger partial charge is 0.401 e. The summed E-state index contributed by atoms with van der Waals surface area (Å²) < 4.78 is 47.5. The van der Waals surface area contributed by atoms with Crippen molar-refractivity contribution in [1.29, 1.82) is 5.26 Å². The van der Waals surface area contributed by atoms with Crippen LogP contribution in [0.4, 0.5) is 13.2 Å². The molecule has 0 bridgehead atoms. The molecule has 0 amide bonds. The molecule has 0 radical (unpaired) electrons. The Morgan fingerprint density at radius 3 is 2.48 bits per heavy atom. The highest BCUT2D eigenvalue weighted by atomic mass is 19.4. The van der Waals surface area contributed by atoms with Gasteiger partial charge in [-0.2, -0.15) is 18.4 Å². The summed E-state index contributed by atoms with van der Waals surface area (Å²) in [5, 5.41) is 18.5. The van der Waals surface area contributed by atoms with E-state index >= 15 is 0 Å². The first-order chi connectivity index (χ1) is 10.8. The molecule has 0 aliphatic heterocycles. The highest BCUT2D eigenvalue weighted by molar-refractivity contribution is 5.34. The van der Waals surface area contributed by atoms with Crippen molar-refractivity contribution in [3.05, 3.63) is 29.8 Å². The normalized spacial score (nSPS) is 12.9. The van der Waals surface area contributed by atoms with Crippen molar-refractivity contribution < 1.29 is 27.8 Å². The van der Waals surface area contributed by atoms with Crippen molar-refractivity contribution in [1.82, 2.24) is 4.90 Å². The van der Waals surface area contributed by atoms with Crippen LogP contribution in [0.3, 0.4) is 0 Å². The van der Waals surface area contributed by atoms with Gasteiger partial charge in [-0.15, -0.1) is 0 Å². The van der Waals surface area contributed by atoms with Gasteiger partial charge in [0.2, 0.25) is 0 Å². The topological polar surface area (TPSA) is 65.7 Å². The number of ether oxygens (including phenoxy) is 2. The van der Waals surface area contributed by atoms with Crippen molar-refractivity contribution in [3.8, 4) is 11.8 Å². The standard InChI is InChI=1S/C15H19F3N2O3/c1-22-7-6-20(11-15(16,17)18)9-13(21)10-23-14-4-2-12(8-19)3-5-14/h2-5,13,21H,6-7,9-11H2,1H3. The number of benzene rings is 1. The van der Waals surface area contributed by atoms with Crippen molar-refractivity contribution >= 4 is 0 Å². The summed E-state index contributed by atoms with van der Waals surface area (Å²) in [6.07, 6.45) is -5.42. The fourth-order valence-electron chi connectivity index (χ4n) is 1.88. The third-order valence-electron chi connectivity index (χ3n) is 2.91. The number of nitrogens with zero attached hydrogens (tertiary/aromatic N) is 2. The number of hydrogen-bond donors (Lipinski definition) is 1. The number of hydrogen-bond acceptors (Lipinski definition) is 5. The summed E-state index contributed by atoms with van der Waals surface area (Å²) in [6.45, 7) is -1.25. The van der Waals surface area contributed by atoms with Gasteiger partial charge in [-0.1, -0.05) is 0 Å². The molecule has 1 aromatic rings. The largest absolute Gasteiger partial charge is 0.491 e. The molecule has 128 valence electrons. The second-order valence-electron chi connectivity index (χ2n) is 4.94. The third-order valence-corrected chi connectivity index (χ3v) is 2.91. The van der Waals surface area contributed by atoms with E-state index in [4.69, 9.17) is 14.7 Å². The lowest BCUT2D eigenvalue weighted by Gasteiger charge is -2.25. The number of halogens is 3. The molecular formula is C15H19F3N2O3. The van der Waals surface area contributed by atoms with Crippen LogP contribution in [0.2, 0.25) is 0 Å². The number of rotatable bonds is 9. The molecule has 1 atom stereocenters. The number of alkyl halides is 3. The second kappa shape index (κ2) is 9.35. The number of methoxy groups -OCH3 is 1. The maximum Gasteiger partial charge on any atom is 0.401 e. The first-order valence-electron chi connectivity index (χ1n) is 6.93. The van der Waals surface area contributed by atoms with Crippen LogP contribution in [0.1, 0.15) is 5.56 Å². The molecule has 0 aliphatic carbocycles. The fourth-order valence-corrected chi connectivity index (χ4v) is 1.88. The van der Waals surface area contributed by atoms with Crippen molar-refractivity contribution in [2.24, 2.45) is 0 Å². The van der Waals surface area contributed by atoms with Crippen LogP contribution >= 0.6 is 0 Å². The molecule has 8 heteroatoms. The second-order valence-corrected chi connectivity index (χ2v) is 4.94. The Labute approximate surface area is 132 Å². The van der Waals surface area contributed by atoms with E-state index in [1.165, 1.54) is 7.11 Å². The Morgan fingerprint density at radius 1 is 1.30 bits per heavy atom. The van der Waals surface area contributed by atoms with Gasteiger partial charge in [-0.05, 0) is 24.3 Å². The Kier molecular flexibility index (Phi) is 7.81. The Bertz CT molecular complexity index is 500. The summed E-state index contributed by atoms with van der Waals surface area (Å²) in [6, 6.07) is 8.18. The molecule has 1 unspecified atom stereocenters. The van der Waals surface area contributed by atoms with Gasteiger partial charge in [0, 0.05) is 20.2 Å². The van der Waals surface area contributed by atoms with Crippen molar-refractivity contribution in [2.75, 3.05) is 40.0 Å². The number of nitriles is 1. The van der Waals surface area contributed by atoms with Crippen LogP contribution in [0, 0.1) is 11.3 Å². The first kappa shape index (κ1) is 19.2. The van der Waals surface area contributed by atoms with Crippen molar-refractivity contribution in [2.45, 2.75) is 12.3 Å². The Hall–Kier alpha value is -1.82. The maximum atomic E-state index is 12.5. The van der Waals surface area contributed by atoms with E-state index in [2.05, 4.69) is 0 Å². The zero-order chi connectivity index (χ0) is 17.3. The summed E-state index contributed by atoms with van der Waals surface area (Å²) in [5.74, 6) is 0.433. The van der Waals surface area contributed by atoms with E-state index in [9.17, 15) is 18.3 Å². The van der Waals surface area contributed by atoms with Gasteiger partial charge in [0.05, 0.1) is 24.8 Å². The van der Waals surface area contributed by atoms with E-state index in [0.29, 0.717) is 11.3 Å². The van der Waals surface area contributed by atoms with Crippen LogP contribution < -0.4 is 4.74 Å². The van der Waals surface area contributed by atoms with E-state index in [-0.39, 0.29) is 26.3 Å². The van der Waals surface area contributed by atoms with Gasteiger partial charge in [-0.3, -0.25) is 4.90 Å². The molecular weight excluding hydrogens is 313 g/mol. The zero-order valence-electron chi connectivity index (χ0n) is 12.7. The third kappa shape index (κ3) is 8.40. The minimum absolute atomic E-state index is 0.0595. The SMILES string of the molecule is COCCN(CC(O)COc1ccc(C#N)cc1)CC(F)(F)F. The monoisotopic (exact) mass is 332 g/mol. The average Bonchev–Trinajstić information content (AvgIpc) is 2.49. The molecule has 0 aromatic heterocycles. The predicted molar refractivity (Wildman–Crippen MR) is 77.0 cm³/mol. The van der Waals surface area contributed by atoms with Gasteiger partial charge in [0.25, 0.3) is 0 Å². The van der Waals surface area contributed by atoms with Gasteiger partial charge in [0.1, 0.15) is 18.5 Å². The van der Waals surface area contributed by atoms with E-state index in [0.717, 1.165) is 4.90 Å². The Morgan fingerprint density at radius 2 is 1.96 bits per heavy atom. The van der Waals surface area contributed by atoms with E-state index < -0.39 is 18.8 Å². The molecule has 23 heavy (non-hydrogen) atoms. The fraction of sp³-hybridized carbons (Fsp3) is 0.533. The zero-order valence-corrected chi connectivity index (χ0v) is 12.7. The molecule has 0 saturated heterocycles. The number of aliphatic hydroxyl groups excluding tert-OH is 1. The lowest BCUT2D eigenvalue weighted by Crippen LogP contribution is -2.42. The molecule has 1 aromatic carbocycles. The summed E-state index contributed by atoms with van der Waals surface area (Å²) in [5.41, 5.74) is 0.466. The first-order valence-corrected chi connectivity index (χ1v) is 6.93. The molecule has 0 heterocycles. The van der Waals surface area contributed by atoms with E-state index in [1.54, 1.807) is 24.3 Å². The molecule has 1 N–H and O–H groups in total. The molecule has 1 rings (SSSR count). The van der Waals surface area contributed by atoms with Crippen LogP contribution in [0.25, 0.3) is 0 Å². The molecule has 0 spiro atoms. The molecule has 5 nitrogen and oxygen atoms in total. The maximum absolute atomic E-state index is 12.5. The minimum atomic E-state index is -4.35. The van der Waals surface area contributed by atoms with Gasteiger partial charge in [-0.25, -0.2) is 0 Å². The summed E-state index contributed by atoms with van der Waals surface area (Å²) in [4.78, 5) is 1.07. The van der Waals surface area contributed by atoms with Crippen LogP contribution in [0.5, 0.6) is 5.75 Å².